The monoisotopic (exact) mass is 302 g/mol. The van der Waals surface area contributed by atoms with E-state index in [0.29, 0.717) is 6.61 Å². The third-order valence-electron chi connectivity index (χ3n) is 2.95. The fourth-order valence-electron chi connectivity index (χ4n) is 1.94. The van der Waals surface area contributed by atoms with Crippen molar-refractivity contribution in [2.45, 2.75) is 57.9 Å². The summed E-state index contributed by atoms with van der Waals surface area (Å²) >= 11 is 0. The molecule has 0 unspecified atom stereocenters. The van der Waals surface area contributed by atoms with Crippen LogP contribution in [0.1, 0.15) is 39.5 Å². The fourth-order valence-corrected chi connectivity index (χ4v) is 3.62. The van der Waals surface area contributed by atoms with Gasteiger partial charge in [0, 0.05) is 28.8 Å². The molecule has 0 amide bonds. The standard InChI is InChI=1S/C15H30O4Si/c1-4-14(16)19-11-8-7-9-12-20-13-10-15(17-5-2)18-6-3/h4,15H,1,5-13,20H2,2-3H3. The zero-order valence-electron chi connectivity index (χ0n) is 13.1. The molecule has 0 aliphatic carbocycles. The van der Waals surface area contributed by atoms with Gasteiger partial charge in [0.05, 0.1) is 6.61 Å². The van der Waals surface area contributed by atoms with Crippen molar-refractivity contribution >= 4 is 15.5 Å². The van der Waals surface area contributed by atoms with Crippen molar-refractivity contribution in [3.05, 3.63) is 12.7 Å². The van der Waals surface area contributed by atoms with E-state index in [1.54, 1.807) is 0 Å². The second-order valence-corrected chi connectivity index (χ2v) is 6.74. The number of unbranched alkanes of at least 4 members (excludes halogenated alkanes) is 2. The summed E-state index contributed by atoms with van der Waals surface area (Å²) in [6, 6.07) is 2.62. The van der Waals surface area contributed by atoms with Gasteiger partial charge in [0.25, 0.3) is 0 Å². The van der Waals surface area contributed by atoms with E-state index in [1.165, 1.54) is 24.6 Å². The number of esters is 1. The molecule has 0 N–H and O–H groups in total. The van der Waals surface area contributed by atoms with Gasteiger partial charge in [-0.25, -0.2) is 4.79 Å². The maximum absolute atomic E-state index is 10.8. The second-order valence-electron chi connectivity index (χ2n) is 4.62. The van der Waals surface area contributed by atoms with E-state index in [1.807, 2.05) is 13.8 Å². The quantitative estimate of drug-likeness (QED) is 0.163. The molecule has 0 aliphatic heterocycles. The number of ether oxygens (including phenoxy) is 3. The van der Waals surface area contributed by atoms with E-state index in [9.17, 15) is 4.79 Å². The SMILES string of the molecule is C=CC(=O)OCCCCC[SiH2]CCC(OCC)OCC. The molecule has 0 aromatic carbocycles. The molecule has 4 nitrogen and oxygen atoms in total. The highest BCUT2D eigenvalue weighted by molar-refractivity contribution is 6.35. The van der Waals surface area contributed by atoms with E-state index in [0.717, 1.165) is 32.5 Å². The summed E-state index contributed by atoms with van der Waals surface area (Å²) in [7, 11) is -0.00365. The van der Waals surface area contributed by atoms with Gasteiger partial charge in [-0.15, -0.1) is 0 Å². The van der Waals surface area contributed by atoms with Gasteiger partial charge in [0.1, 0.15) is 0 Å². The van der Waals surface area contributed by atoms with Crippen molar-refractivity contribution in [1.82, 2.24) is 0 Å². The smallest absolute Gasteiger partial charge is 0.330 e. The predicted molar refractivity (Wildman–Crippen MR) is 84.8 cm³/mol. The van der Waals surface area contributed by atoms with Crippen molar-refractivity contribution in [2.24, 2.45) is 0 Å². The van der Waals surface area contributed by atoms with Gasteiger partial charge in [-0.2, -0.15) is 0 Å². The van der Waals surface area contributed by atoms with E-state index in [-0.39, 0.29) is 21.8 Å². The molecule has 0 heterocycles. The van der Waals surface area contributed by atoms with Crippen molar-refractivity contribution in [3.8, 4) is 0 Å². The Hall–Kier alpha value is -0.653. The molecule has 5 heteroatoms. The number of hydrogen-bond acceptors (Lipinski definition) is 4. The van der Waals surface area contributed by atoms with E-state index >= 15 is 0 Å². The lowest BCUT2D eigenvalue weighted by Gasteiger charge is -2.16. The zero-order valence-corrected chi connectivity index (χ0v) is 14.5. The normalized spacial score (nSPS) is 11.3. The molecule has 0 atom stereocenters. The minimum Gasteiger partial charge on any atom is -0.463 e. The topological polar surface area (TPSA) is 44.8 Å². The number of rotatable bonds is 14. The molecular weight excluding hydrogens is 272 g/mol. The molecule has 0 fully saturated rings. The van der Waals surface area contributed by atoms with Crippen LogP contribution in [0.3, 0.4) is 0 Å². The third kappa shape index (κ3) is 12.4. The summed E-state index contributed by atoms with van der Waals surface area (Å²) in [6.07, 6.45) is 5.57. The number of carbonyl (C=O) groups excluding carboxylic acids is 1. The molecule has 0 rings (SSSR count). The Morgan fingerprint density at radius 1 is 1.15 bits per heavy atom. The van der Waals surface area contributed by atoms with Gasteiger partial charge in [0.2, 0.25) is 0 Å². The molecular formula is C15H30O4Si. The van der Waals surface area contributed by atoms with Crippen molar-refractivity contribution in [1.29, 1.82) is 0 Å². The zero-order chi connectivity index (χ0) is 15.1. The Balaban J connectivity index is 3.30. The largest absolute Gasteiger partial charge is 0.463 e. The number of carbonyl (C=O) groups is 1. The molecule has 0 bridgehead atoms. The van der Waals surface area contributed by atoms with E-state index < -0.39 is 0 Å². The average molecular weight is 302 g/mol. The molecule has 0 aliphatic rings. The maximum atomic E-state index is 10.8. The van der Waals surface area contributed by atoms with Gasteiger partial charge < -0.3 is 14.2 Å². The summed E-state index contributed by atoms with van der Waals surface area (Å²) in [5, 5.41) is 0. The summed E-state index contributed by atoms with van der Waals surface area (Å²) < 4.78 is 16.0. The molecule has 0 spiro atoms. The first-order valence-electron chi connectivity index (χ1n) is 7.77. The Bertz CT molecular complexity index is 240. The summed E-state index contributed by atoms with van der Waals surface area (Å²) in [6.45, 7) is 9.32. The van der Waals surface area contributed by atoms with Crippen LogP contribution in [0.4, 0.5) is 0 Å². The van der Waals surface area contributed by atoms with Gasteiger partial charge in [-0.3, -0.25) is 0 Å². The van der Waals surface area contributed by atoms with Gasteiger partial charge in [0.15, 0.2) is 6.29 Å². The number of hydrogen-bond donors (Lipinski definition) is 0. The highest BCUT2D eigenvalue weighted by Crippen LogP contribution is 2.08. The third-order valence-corrected chi connectivity index (χ3v) is 4.86. The molecule has 20 heavy (non-hydrogen) atoms. The first-order chi connectivity index (χ1) is 9.74. The van der Waals surface area contributed by atoms with Crippen LogP contribution < -0.4 is 0 Å². The van der Waals surface area contributed by atoms with Crippen molar-refractivity contribution in [3.63, 3.8) is 0 Å². The van der Waals surface area contributed by atoms with Crippen LogP contribution in [0.25, 0.3) is 0 Å². The van der Waals surface area contributed by atoms with Gasteiger partial charge in [-0.1, -0.05) is 31.5 Å². The minimum atomic E-state index is -0.322. The molecule has 118 valence electrons. The van der Waals surface area contributed by atoms with Crippen LogP contribution in [0.5, 0.6) is 0 Å². The molecule has 0 aromatic rings. The molecule has 0 aromatic heterocycles. The molecule has 0 saturated carbocycles. The highest BCUT2D eigenvalue weighted by Gasteiger charge is 2.06. The van der Waals surface area contributed by atoms with Crippen LogP contribution in [-0.4, -0.2) is 41.6 Å². The Morgan fingerprint density at radius 2 is 1.85 bits per heavy atom. The second kappa shape index (κ2) is 14.7. The van der Waals surface area contributed by atoms with Crippen LogP contribution >= 0.6 is 0 Å². The first-order valence-corrected chi connectivity index (χ1v) is 9.77. The first kappa shape index (κ1) is 19.3. The van der Waals surface area contributed by atoms with E-state index in [4.69, 9.17) is 14.2 Å². The predicted octanol–water partition coefficient (Wildman–Crippen LogP) is 2.68. The van der Waals surface area contributed by atoms with Gasteiger partial charge >= 0.3 is 5.97 Å². The molecule has 0 saturated heterocycles. The Kier molecular flexibility index (Phi) is 14.3. The van der Waals surface area contributed by atoms with Gasteiger partial charge in [-0.05, 0) is 26.7 Å². The van der Waals surface area contributed by atoms with Crippen LogP contribution in [0.15, 0.2) is 12.7 Å². The fraction of sp³-hybridized carbons (Fsp3) is 0.800. The minimum absolute atomic E-state index is 0.00365. The highest BCUT2D eigenvalue weighted by atomic mass is 28.2. The van der Waals surface area contributed by atoms with Crippen LogP contribution in [0, 0.1) is 0 Å². The lowest BCUT2D eigenvalue weighted by molar-refractivity contribution is -0.138. The van der Waals surface area contributed by atoms with Crippen molar-refractivity contribution in [2.75, 3.05) is 19.8 Å². The Labute approximate surface area is 125 Å². The lowest BCUT2D eigenvalue weighted by Crippen LogP contribution is -2.17. The Morgan fingerprint density at radius 3 is 2.45 bits per heavy atom. The average Bonchev–Trinajstić information content (AvgIpc) is 2.45. The molecule has 0 radical (unpaired) electrons. The summed E-state index contributed by atoms with van der Waals surface area (Å²) in [5.41, 5.74) is 0. The van der Waals surface area contributed by atoms with Crippen LogP contribution in [-0.2, 0) is 19.0 Å². The summed E-state index contributed by atoms with van der Waals surface area (Å²) in [4.78, 5) is 10.8. The van der Waals surface area contributed by atoms with E-state index in [2.05, 4.69) is 6.58 Å². The summed E-state index contributed by atoms with van der Waals surface area (Å²) in [5.74, 6) is -0.322. The van der Waals surface area contributed by atoms with Crippen molar-refractivity contribution < 1.29 is 19.0 Å². The van der Waals surface area contributed by atoms with Crippen LogP contribution in [0.2, 0.25) is 12.1 Å². The maximum Gasteiger partial charge on any atom is 0.330 e. The lowest BCUT2D eigenvalue weighted by atomic mass is 10.3.